The number of rotatable bonds is 6. The molecule has 1 aromatic heterocycles. The number of anilines is 1. The molecule has 2 aromatic rings. The molecule has 0 aliphatic heterocycles. The van der Waals surface area contributed by atoms with Gasteiger partial charge >= 0.3 is 0 Å². The normalized spacial score (nSPS) is 12.4. The average molecular weight is 290 g/mol. The van der Waals surface area contributed by atoms with Crippen LogP contribution >= 0.6 is 11.3 Å². The summed E-state index contributed by atoms with van der Waals surface area (Å²) in [5.74, 6) is 0. The van der Waals surface area contributed by atoms with Gasteiger partial charge < -0.3 is 10.0 Å². The van der Waals surface area contributed by atoms with Gasteiger partial charge in [0.15, 0.2) is 5.13 Å². The molecule has 0 saturated carbocycles. The van der Waals surface area contributed by atoms with Crippen LogP contribution in [-0.4, -0.2) is 23.2 Å². The molecule has 2 rings (SSSR count). The molecule has 1 unspecified atom stereocenters. The van der Waals surface area contributed by atoms with E-state index in [1.807, 2.05) is 30.3 Å². The molecule has 0 radical (unpaired) electrons. The zero-order valence-corrected chi connectivity index (χ0v) is 13.2. The minimum absolute atomic E-state index is 0.0396. The molecule has 0 amide bonds. The Hall–Kier alpha value is -1.39. The summed E-state index contributed by atoms with van der Waals surface area (Å²) in [6.45, 7) is 4.45. The number of nitrogens with zero attached hydrogens (tertiary/aromatic N) is 2. The minimum Gasteiger partial charge on any atom is -0.391 e. The van der Waals surface area contributed by atoms with E-state index in [0.29, 0.717) is 6.04 Å². The molecule has 4 heteroatoms. The van der Waals surface area contributed by atoms with Crippen molar-refractivity contribution in [2.75, 3.05) is 11.9 Å². The Labute approximate surface area is 124 Å². The Kier molecular flexibility index (Phi) is 5.15. The topological polar surface area (TPSA) is 36.4 Å². The lowest BCUT2D eigenvalue weighted by molar-refractivity contribution is 0.286. The predicted octanol–water partition coefficient (Wildman–Crippen LogP) is 3.93. The van der Waals surface area contributed by atoms with E-state index in [4.69, 9.17) is 4.98 Å². The molecule has 20 heavy (non-hydrogen) atoms. The lowest BCUT2D eigenvalue weighted by Gasteiger charge is -2.23. The largest absolute Gasteiger partial charge is 0.391 e. The van der Waals surface area contributed by atoms with Gasteiger partial charge in [-0.05, 0) is 13.3 Å². The third-order valence-corrected chi connectivity index (χ3v) is 4.68. The highest BCUT2D eigenvalue weighted by Gasteiger charge is 2.17. The summed E-state index contributed by atoms with van der Waals surface area (Å²) in [5.41, 5.74) is 1.97. The van der Waals surface area contributed by atoms with Gasteiger partial charge in [-0.15, -0.1) is 0 Å². The first-order valence-electron chi connectivity index (χ1n) is 7.06. The fourth-order valence-corrected chi connectivity index (χ4v) is 3.22. The zero-order valence-electron chi connectivity index (χ0n) is 12.3. The minimum atomic E-state index is 0.0396. The molecule has 0 spiro atoms. The molecule has 0 fully saturated rings. The van der Waals surface area contributed by atoms with Crippen molar-refractivity contribution >= 4 is 16.5 Å². The summed E-state index contributed by atoms with van der Waals surface area (Å²) in [7, 11) is 2.08. The summed E-state index contributed by atoms with van der Waals surface area (Å²) >= 11 is 1.58. The molecule has 1 N–H and O–H groups in total. The molecule has 108 valence electrons. The number of aliphatic hydroxyl groups is 1. The number of aromatic nitrogens is 1. The fraction of sp³-hybridized carbons (Fsp3) is 0.438. The van der Waals surface area contributed by atoms with Crippen molar-refractivity contribution < 1.29 is 5.11 Å². The lowest BCUT2D eigenvalue weighted by Crippen LogP contribution is -2.28. The van der Waals surface area contributed by atoms with Crippen LogP contribution in [0.15, 0.2) is 30.3 Å². The van der Waals surface area contributed by atoms with Crippen LogP contribution in [0, 0.1) is 0 Å². The Morgan fingerprint density at radius 3 is 2.60 bits per heavy atom. The molecule has 1 atom stereocenters. The van der Waals surface area contributed by atoms with Gasteiger partial charge in [0.2, 0.25) is 0 Å². The average Bonchev–Trinajstić information content (AvgIpc) is 2.91. The van der Waals surface area contributed by atoms with Gasteiger partial charge in [-0.25, -0.2) is 4.98 Å². The maximum atomic E-state index is 9.57. The van der Waals surface area contributed by atoms with Crippen molar-refractivity contribution in [1.82, 2.24) is 4.98 Å². The van der Waals surface area contributed by atoms with E-state index in [-0.39, 0.29) is 6.61 Å². The molecular formula is C16H22N2OS. The van der Waals surface area contributed by atoms with E-state index in [0.717, 1.165) is 34.1 Å². The van der Waals surface area contributed by atoms with Crippen LogP contribution in [0.5, 0.6) is 0 Å². The third kappa shape index (κ3) is 3.19. The van der Waals surface area contributed by atoms with E-state index < -0.39 is 0 Å². The lowest BCUT2D eigenvalue weighted by atomic mass is 10.1. The number of aliphatic hydroxyl groups excluding tert-OH is 1. The van der Waals surface area contributed by atoms with Gasteiger partial charge in [-0.3, -0.25) is 0 Å². The number of benzene rings is 1. The molecule has 1 heterocycles. The smallest absolute Gasteiger partial charge is 0.186 e. The van der Waals surface area contributed by atoms with E-state index in [1.165, 1.54) is 0 Å². The van der Waals surface area contributed by atoms with Gasteiger partial charge in [0, 0.05) is 18.7 Å². The summed E-state index contributed by atoms with van der Waals surface area (Å²) in [6, 6.07) is 10.5. The second-order valence-corrected chi connectivity index (χ2v) is 6.10. The van der Waals surface area contributed by atoms with Crippen molar-refractivity contribution in [2.24, 2.45) is 0 Å². The highest BCUT2D eigenvalue weighted by atomic mass is 32.1. The number of thiazole rings is 1. The van der Waals surface area contributed by atoms with Crippen molar-refractivity contribution in [3.05, 3.63) is 35.2 Å². The van der Waals surface area contributed by atoms with Crippen LogP contribution in [0.4, 0.5) is 5.13 Å². The SMILES string of the molecule is CCCC(C)N(C)c1nc(-c2ccccc2)c(CO)s1. The van der Waals surface area contributed by atoms with Crippen LogP contribution in [0.1, 0.15) is 31.6 Å². The van der Waals surface area contributed by atoms with Crippen molar-refractivity contribution in [3.63, 3.8) is 0 Å². The standard InChI is InChI=1S/C16H22N2OS/c1-4-8-12(2)18(3)16-17-15(14(11-19)20-16)13-9-6-5-7-10-13/h5-7,9-10,12,19H,4,8,11H2,1-3H3. The highest BCUT2D eigenvalue weighted by molar-refractivity contribution is 7.16. The summed E-state index contributed by atoms with van der Waals surface area (Å²) < 4.78 is 0. The third-order valence-electron chi connectivity index (χ3n) is 3.55. The second kappa shape index (κ2) is 6.86. The second-order valence-electron chi connectivity index (χ2n) is 5.04. The van der Waals surface area contributed by atoms with Crippen molar-refractivity contribution in [1.29, 1.82) is 0 Å². The summed E-state index contributed by atoms with van der Waals surface area (Å²) in [4.78, 5) is 7.88. The van der Waals surface area contributed by atoms with Gasteiger partial charge in [0.1, 0.15) is 0 Å². The number of hydrogen-bond donors (Lipinski definition) is 1. The van der Waals surface area contributed by atoms with Crippen LogP contribution in [0.3, 0.4) is 0 Å². The van der Waals surface area contributed by atoms with Gasteiger partial charge in [0.25, 0.3) is 0 Å². The van der Waals surface area contributed by atoms with Crippen LogP contribution in [0.2, 0.25) is 0 Å². The Morgan fingerprint density at radius 1 is 1.30 bits per heavy atom. The van der Waals surface area contributed by atoms with Crippen LogP contribution in [-0.2, 0) is 6.61 Å². The summed E-state index contributed by atoms with van der Waals surface area (Å²) in [5, 5.41) is 10.5. The van der Waals surface area contributed by atoms with Gasteiger partial charge in [-0.2, -0.15) is 0 Å². The Balaban J connectivity index is 2.32. The number of hydrogen-bond acceptors (Lipinski definition) is 4. The van der Waals surface area contributed by atoms with Crippen LogP contribution in [0.25, 0.3) is 11.3 Å². The quantitative estimate of drug-likeness (QED) is 0.875. The first-order valence-corrected chi connectivity index (χ1v) is 7.87. The van der Waals surface area contributed by atoms with E-state index in [2.05, 4.69) is 25.8 Å². The Morgan fingerprint density at radius 2 is 2.00 bits per heavy atom. The van der Waals surface area contributed by atoms with Crippen molar-refractivity contribution in [3.8, 4) is 11.3 Å². The zero-order chi connectivity index (χ0) is 14.5. The van der Waals surface area contributed by atoms with E-state index in [1.54, 1.807) is 11.3 Å². The maximum absolute atomic E-state index is 9.57. The maximum Gasteiger partial charge on any atom is 0.186 e. The molecule has 0 aliphatic carbocycles. The summed E-state index contributed by atoms with van der Waals surface area (Å²) in [6.07, 6.45) is 2.31. The highest BCUT2D eigenvalue weighted by Crippen LogP contribution is 2.33. The molecular weight excluding hydrogens is 268 g/mol. The molecule has 0 aliphatic rings. The molecule has 3 nitrogen and oxygen atoms in total. The predicted molar refractivity (Wildman–Crippen MR) is 86.2 cm³/mol. The monoisotopic (exact) mass is 290 g/mol. The van der Waals surface area contributed by atoms with Gasteiger partial charge in [0.05, 0.1) is 17.2 Å². The fourth-order valence-electron chi connectivity index (χ4n) is 2.22. The Bertz CT molecular complexity index is 539. The van der Waals surface area contributed by atoms with E-state index in [9.17, 15) is 5.11 Å². The van der Waals surface area contributed by atoms with Gasteiger partial charge in [-0.1, -0.05) is 55.0 Å². The van der Waals surface area contributed by atoms with Crippen LogP contribution < -0.4 is 4.90 Å². The first kappa shape index (κ1) is 15.0. The molecule has 1 aromatic carbocycles. The van der Waals surface area contributed by atoms with E-state index >= 15 is 0 Å². The first-order chi connectivity index (χ1) is 9.67. The molecule has 0 saturated heterocycles. The van der Waals surface area contributed by atoms with Crippen molar-refractivity contribution in [2.45, 2.75) is 39.3 Å². The molecule has 0 bridgehead atoms.